The summed E-state index contributed by atoms with van der Waals surface area (Å²) in [5.41, 5.74) is 2.09. The number of aryl methyl sites for hydroxylation is 2. The van der Waals surface area contributed by atoms with Gasteiger partial charge in [-0.25, -0.2) is 0 Å². The third-order valence-corrected chi connectivity index (χ3v) is 2.83. The molecule has 21 heavy (non-hydrogen) atoms. The second kappa shape index (κ2) is 6.30. The zero-order valence-electron chi connectivity index (χ0n) is 12.7. The molecule has 0 aliphatic rings. The van der Waals surface area contributed by atoms with E-state index in [9.17, 15) is 4.79 Å². The highest BCUT2D eigenvalue weighted by atomic mass is 16.1. The van der Waals surface area contributed by atoms with Crippen LogP contribution in [0.3, 0.4) is 0 Å². The molecule has 0 unspecified atom stereocenters. The second-order valence-electron chi connectivity index (χ2n) is 5.11. The molecule has 0 aliphatic heterocycles. The lowest BCUT2D eigenvalue weighted by Gasteiger charge is -2.12. The third kappa shape index (κ3) is 4.24. The molecular weight excluding hydrogens is 266 g/mol. The summed E-state index contributed by atoms with van der Waals surface area (Å²) in [6.07, 6.45) is 0.295. The van der Waals surface area contributed by atoms with Crippen molar-refractivity contribution in [3.05, 3.63) is 41.2 Å². The number of anilines is 2. The van der Waals surface area contributed by atoms with E-state index < -0.39 is 0 Å². The van der Waals surface area contributed by atoms with Crippen LogP contribution in [0.25, 0.3) is 0 Å². The van der Waals surface area contributed by atoms with Crippen molar-refractivity contribution in [2.24, 2.45) is 0 Å². The smallest absolute Gasteiger partial charge is 0.234 e. The number of hydrogen-bond donors (Lipinski definition) is 1. The standard InChI is InChI=1S/C15H19N5O/c1-10-6-5-7-12(8-10)9-13(21)18-14-16-11(2)17-15(19-14)20(3)4/h5-8H,9H2,1-4H3,(H,16,17,18,19,21). The maximum Gasteiger partial charge on any atom is 0.234 e. The van der Waals surface area contributed by atoms with E-state index >= 15 is 0 Å². The molecule has 0 saturated heterocycles. The van der Waals surface area contributed by atoms with Gasteiger partial charge in [-0.1, -0.05) is 29.8 Å². The van der Waals surface area contributed by atoms with Crippen LogP contribution in [0.2, 0.25) is 0 Å². The van der Waals surface area contributed by atoms with Crippen molar-refractivity contribution in [3.63, 3.8) is 0 Å². The van der Waals surface area contributed by atoms with Gasteiger partial charge in [-0.2, -0.15) is 15.0 Å². The van der Waals surface area contributed by atoms with Crippen LogP contribution in [-0.4, -0.2) is 35.0 Å². The first kappa shape index (κ1) is 14.9. The Labute approximate surface area is 124 Å². The van der Waals surface area contributed by atoms with Crippen LogP contribution < -0.4 is 10.2 Å². The average molecular weight is 285 g/mol. The number of benzene rings is 1. The summed E-state index contributed by atoms with van der Waals surface area (Å²) >= 11 is 0. The Hall–Kier alpha value is -2.50. The van der Waals surface area contributed by atoms with E-state index in [4.69, 9.17) is 0 Å². The lowest BCUT2D eigenvalue weighted by atomic mass is 10.1. The molecule has 1 aromatic heterocycles. The first-order chi connectivity index (χ1) is 9.94. The fourth-order valence-corrected chi connectivity index (χ4v) is 1.90. The molecular formula is C15H19N5O. The topological polar surface area (TPSA) is 71.0 Å². The zero-order chi connectivity index (χ0) is 15.4. The van der Waals surface area contributed by atoms with Crippen LogP contribution in [0.15, 0.2) is 24.3 Å². The van der Waals surface area contributed by atoms with Crippen LogP contribution >= 0.6 is 0 Å². The Morgan fingerprint density at radius 2 is 1.95 bits per heavy atom. The van der Waals surface area contributed by atoms with Crippen molar-refractivity contribution in [1.82, 2.24) is 15.0 Å². The summed E-state index contributed by atoms with van der Waals surface area (Å²) in [6.45, 7) is 3.77. The quantitative estimate of drug-likeness (QED) is 0.926. The Kier molecular flexibility index (Phi) is 4.47. The van der Waals surface area contributed by atoms with Gasteiger partial charge in [0.15, 0.2) is 0 Å². The lowest BCUT2D eigenvalue weighted by Crippen LogP contribution is -2.20. The SMILES string of the molecule is Cc1cccc(CC(=O)Nc2nc(C)nc(N(C)C)n2)c1. The minimum atomic E-state index is -0.143. The number of hydrogen-bond acceptors (Lipinski definition) is 5. The number of amides is 1. The number of carbonyl (C=O) groups is 1. The van der Waals surface area contributed by atoms with Gasteiger partial charge >= 0.3 is 0 Å². The highest BCUT2D eigenvalue weighted by Crippen LogP contribution is 2.09. The van der Waals surface area contributed by atoms with Crippen LogP contribution in [0, 0.1) is 13.8 Å². The molecule has 0 saturated carbocycles. The third-order valence-electron chi connectivity index (χ3n) is 2.83. The Morgan fingerprint density at radius 3 is 2.62 bits per heavy atom. The molecule has 6 nitrogen and oxygen atoms in total. The van der Waals surface area contributed by atoms with Crippen LogP contribution in [0.4, 0.5) is 11.9 Å². The van der Waals surface area contributed by atoms with Gasteiger partial charge in [0.05, 0.1) is 6.42 Å². The summed E-state index contributed by atoms with van der Waals surface area (Å²) in [5.74, 6) is 1.23. The van der Waals surface area contributed by atoms with E-state index in [-0.39, 0.29) is 11.9 Å². The van der Waals surface area contributed by atoms with Crippen molar-refractivity contribution >= 4 is 17.8 Å². The van der Waals surface area contributed by atoms with E-state index in [2.05, 4.69) is 20.3 Å². The molecule has 0 radical (unpaired) electrons. The molecule has 6 heteroatoms. The maximum absolute atomic E-state index is 12.1. The number of nitrogens with zero attached hydrogens (tertiary/aromatic N) is 4. The van der Waals surface area contributed by atoms with Crippen molar-refractivity contribution in [1.29, 1.82) is 0 Å². The Morgan fingerprint density at radius 1 is 1.19 bits per heavy atom. The lowest BCUT2D eigenvalue weighted by molar-refractivity contribution is -0.115. The molecule has 1 heterocycles. The van der Waals surface area contributed by atoms with Gasteiger partial charge in [0, 0.05) is 14.1 Å². The van der Waals surface area contributed by atoms with Crippen LogP contribution in [0.1, 0.15) is 17.0 Å². The van der Waals surface area contributed by atoms with Crippen molar-refractivity contribution in [3.8, 4) is 0 Å². The van der Waals surface area contributed by atoms with Crippen LogP contribution in [-0.2, 0) is 11.2 Å². The predicted molar refractivity (Wildman–Crippen MR) is 82.4 cm³/mol. The molecule has 2 aromatic rings. The highest BCUT2D eigenvalue weighted by molar-refractivity contribution is 5.90. The van der Waals surface area contributed by atoms with E-state index in [0.29, 0.717) is 18.2 Å². The van der Waals surface area contributed by atoms with Crippen molar-refractivity contribution in [2.75, 3.05) is 24.3 Å². The minimum Gasteiger partial charge on any atom is -0.347 e. The molecule has 1 N–H and O–H groups in total. The first-order valence-corrected chi connectivity index (χ1v) is 6.69. The molecule has 0 fully saturated rings. The number of nitrogens with one attached hydrogen (secondary N) is 1. The van der Waals surface area contributed by atoms with Gasteiger partial charge in [0.1, 0.15) is 5.82 Å². The maximum atomic E-state index is 12.1. The second-order valence-corrected chi connectivity index (χ2v) is 5.11. The summed E-state index contributed by atoms with van der Waals surface area (Å²) in [4.78, 5) is 26.4. The van der Waals surface area contributed by atoms with Gasteiger partial charge in [-0.15, -0.1) is 0 Å². The van der Waals surface area contributed by atoms with Crippen LogP contribution in [0.5, 0.6) is 0 Å². The highest BCUT2D eigenvalue weighted by Gasteiger charge is 2.09. The average Bonchev–Trinajstić information content (AvgIpc) is 2.37. The zero-order valence-corrected chi connectivity index (χ0v) is 12.7. The molecule has 0 spiro atoms. The number of rotatable bonds is 4. The fraction of sp³-hybridized carbons (Fsp3) is 0.333. The molecule has 1 aromatic carbocycles. The summed E-state index contributed by atoms with van der Waals surface area (Å²) in [7, 11) is 3.68. The van der Waals surface area contributed by atoms with Gasteiger partial charge in [-0.05, 0) is 19.4 Å². The molecule has 0 aliphatic carbocycles. The van der Waals surface area contributed by atoms with E-state index in [1.54, 1.807) is 11.8 Å². The molecule has 1 amide bonds. The monoisotopic (exact) mass is 285 g/mol. The summed E-state index contributed by atoms with van der Waals surface area (Å²) in [5, 5.41) is 2.72. The van der Waals surface area contributed by atoms with Crippen molar-refractivity contribution < 1.29 is 4.79 Å². The molecule has 2 rings (SSSR count). The summed E-state index contributed by atoms with van der Waals surface area (Å²) < 4.78 is 0. The molecule has 110 valence electrons. The summed E-state index contributed by atoms with van der Waals surface area (Å²) in [6, 6.07) is 7.86. The molecule has 0 atom stereocenters. The van der Waals surface area contributed by atoms with E-state index in [0.717, 1.165) is 11.1 Å². The number of aromatic nitrogens is 3. The van der Waals surface area contributed by atoms with E-state index in [1.165, 1.54) is 0 Å². The minimum absolute atomic E-state index is 0.143. The fourth-order valence-electron chi connectivity index (χ4n) is 1.90. The first-order valence-electron chi connectivity index (χ1n) is 6.69. The predicted octanol–water partition coefficient (Wildman–Crippen LogP) is 1.74. The Balaban J connectivity index is 2.09. The molecule has 0 bridgehead atoms. The van der Waals surface area contributed by atoms with Crippen molar-refractivity contribution in [2.45, 2.75) is 20.3 Å². The van der Waals surface area contributed by atoms with Gasteiger partial charge in [0.2, 0.25) is 17.8 Å². The largest absolute Gasteiger partial charge is 0.347 e. The number of carbonyl (C=O) groups excluding carboxylic acids is 1. The van der Waals surface area contributed by atoms with Gasteiger partial charge in [0.25, 0.3) is 0 Å². The normalized spacial score (nSPS) is 10.3. The Bertz CT molecular complexity index is 654. The van der Waals surface area contributed by atoms with Gasteiger partial charge in [-0.3, -0.25) is 10.1 Å². The van der Waals surface area contributed by atoms with Gasteiger partial charge < -0.3 is 4.90 Å². The van der Waals surface area contributed by atoms with E-state index in [1.807, 2.05) is 45.3 Å².